The molecule has 3 N–H and O–H groups in total. The van der Waals surface area contributed by atoms with E-state index in [0.717, 1.165) is 4.90 Å². The molecular formula is C14H13N5O6S. The number of aromatic nitrogens is 2. The average molecular weight is 379 g/mol. The van der Waals surface area contributed by atoms with Gasteiger partial charge >= 0.3 is 16.4 Å². The molecule has 1 aromatic carbocycles. The lowest BCUT2D eigenvalue weighted by Crippen LogP contribution is -2.41. The van der Waals surface area contributed by atoms with Gasteiger partial charge in [-0.25, -0.2) is 9.48 Å². The van der Waals surface area contributed by atoms with Crippen LogP contribution < -0.4 is 5.73 Å². The molecule has 2 aromatic rings. The first kappa shape index (κ1) is 16.5. The molecule has 1 aromatic heterocycles. The number of benzene rings is 1. The Bertz CT molecular complexity index is 1000. The fourth-order valence-electron chi connectivity index (χ4n) is 3.24. The number of para-hydroxylation sites is 1. The zero-order chi connectivity index (χ0) is 18.6. The standard InChI is InChI=1S/C14H13N5O6S/c15-13(20)12-11-9(6-18(16-11)8-4-2-1-3-5-8)10-7-17(12)14(21)19(10)25-26(22,23)24/h1-6,10,12H,7H2,(H2,15,20)(H,22,23,24)/t10-,12-/m0/s1. The fraction of sp³-hybridized carbons (Fsp3) is 0.214. The number of rotatable bonds is 4. The third kappa shape index (κ3) is 2.51. The molecule has 11 nitrogen and oxygen atoms in total. The lowest BCUT2D eigenvalue weighted by molar-refractivity contribution is -0.122. The molecule has 2 aliphatic rings. The summed E-state index contributed by atoms with van der Waals surface area (Å²) >= 11 is 0. The minimum Gasteiger partial charge on any atom is -0.368 e. The van der Waals surface area contributed by atoms with E-state index in [1.54, 1.807) is 30.5 Å². The summed E-state index contributed by atoms with van der Waals surface area (Å²) in [4.78, 5) is 25.4. The predicted octanol–water partition coefficient (Wildman–Crippen LogP) is -0.0746. The summed E-state index contributed by atoms with van der Waals surface area (Å²) in [6, 6.07) is 6.06. The zero-order valence-electron chi connectivity index (χ0n) is 13.1. The topological polar surface area (TPSA) is 148 Å². The Morgan fingerprint density at radius 2 is 2.00 bits per heavy atom. The van der Waals surface area contributed by atoms with Crippen molar-refractivity contribution in [2.24, 2.45) is 5.73 Å². The second kappa shape index (κ2) is 5.52. The molecule has 26 heavy (non-hydrogen) atoms. The Balaban J connectivity index is 1.84. The number of hydroxylamine groups is 2. The molecule has 2 aliphatic heterocycles. The quantitative estimate of drug-likeness (QED) is 0.706. The van der Waals surface area contributed by atoms with Crippen molar-refractivity contribution in [1.29, 1.82) is 0 Å². The molecule has 1 fully saturated rings. The van der Waals surface area contributed by atoms with Gasteiger partial charge in [0.25, 0.3) is 0 Å². The van der Waals surface area contributed by atoms with E-state index in [1.807, 2.05) is 6.07 Å². The van der Waals surface area contributed by atoms with Gasteiger partial charge in [-0.1, -0.05) is 18.2 Å². The number of fused-ring (bicyclic) bond motifs is 4. The first-order valence-corrected chi connectivity index (χ1v) is 8.84. The number of urea groups is 1. The van der Waals surface area contributed by atoms with Gasteiger partial charge in [0.15, 0.2) is 6.04 Å². The van der Waals surface area contributed by atoms with Crippen molar-refractivity contribution < 1.29 is 26.8 Å². The molecule has 136 valence electrons. The molecule has 0 spiro atoms. The van der Waals surface area contributed by atoms with E-state index in [-0.39, 0.29) is 12.2 Å². The Morgan fingerprint density at radius 3 is 2.62 bits per heavy atom. The fourth-order valence-corrected chi connectivity index (χ4v) is 3.61. The molecule has 0 saturated carbocycles. The van der Waals surface area contributed by atoms with E-state index < -0.39 is 34.4 Å². The van der Waals surface area contributed by atoms with Crippen molar-refractivity contribution in [3.8, 4) is 5.69 Å². The number of nitrogens with two attached hydrogens (primary N) is 1. The molecule has 2 bridgehead atoms. The minimum atomic E-state index is -4.93. The van der Waals surface area contributed by atoms with Crippen LogP contribution in [0.4, 0.5) is 4.79 Å². The van der Waals surface area contributed by atoms with Crippen molar-refractivity contribution in [1.82, 2.24) is 19.7 Å². The van der Waals surface area contributed by atoms with E-state index in [4.69, 9.17) is 10.3 Å². The van der Waals surface area contributed by atoms with Gasteiger partial charge in [0, 0.05) is 11.8 Å². The zero-order valence-corrected chi connectivity index (χ0v) is 13.9. The maximum Gasteiger partial charge on any atom is 0.418 e. The molecule has 3 heterocycles. The highest BCUT2D eigenvalue weighted by atomic mass is 32.3. The van der Waals surface area contributed by atoms with Crippen LogP contribution in [0.25, 0.3) is 5.69 Å². The minimum absolute atomic E-state index is 0.0323. The molecule has 2 atom stereocenters. The number of carbonyl (C=O) groups is 2. The largest absolute Gasteiger partial charge is 0.418 e. The summed E-state index contributed by atoms with van der Waals surface area (Å²) in [6.07, 6.45) is 1.57. The van der Waals surface area contributed by atoms with Crippen LogP contribution >= 0.6 is 0 Å². The van der Waals surface area contributed by atoms with Crippen molar-refractivity contribution in [2.75, 3.05) is 6.54 Å². The monoisotopic (exact) mass is 379 g/mol. The van der Waals surface area contributed by atoms with E-state index in [1.165, 1.54) is 4.68 Å². The number of carbonyl (C=O) groups excluding carboxylic acids is 2. The molecule has 0 aliphatic carbocycles. The van der Waals surface area contributed by atoms with E-state index in [0.29, 0.717) is 16.3 Å². The molecule has 4 rings (SSSR count). The van der Waals surface area contributed by atoms with E-state index in [2.05, 4.69) is 9.38 Å². The van der Waals surface area contributed by atoms with Gasteiger partial charge in [0.2, 0.25) is 5.91 Å². The summed E-state index contributed by atoms with van der Waals surface area (Å²) < 4.78 is 37.0. The number of amides is 3. The smallest absolute Gasteiger partial charge is 0.368 e. The van der Waals surface area contributed by atoms with Crippen LogP contribution in [0.2, 0.25) is 0 Å². The van der Waals surface area contributed by atoms with Crippen LogP contribution in [-0.4, -0.2) is 51.2 Å². The van der Waals surface area contributed by atoms with Crippen LogP contribution in [0, 0.1) is 0 Å². The lowest BCUT2D eigenvalue weighted by Gasteiger charge is -2.26. The molecule has 0 unspecified atom stereocenters. The highest BCUT2D eigenvalue weighted by Gasteiger charge is 2.53. The first-order chi connectivity index (χ1) is 12.3. The predicted molar refractivity (Wildman–Crippen MR) is 84.8 cm³/mol. The summed E-state index contributed by atoms with van der Waals surface area (Å²) in [7, 11) is -4.93. The van der Waals surface area contributed by atoms with Gasteiger partial charge in [0.1, 0.15) is 11.7 Å². The van der Waals surface area contributed by atoms with Gasteiger partial charge in [-0.2, -0.15) is 18.6 Å². The van der Waals surface area contributed by atoms with Gasteiger partial charge in [-0.3, -0.25) is 9.35 Å². The van der Waals surface area contributed by atoms with Gasteiger partial charge in [0.05, 0.1) is 12.2 Å². The van der Waals surface area contributed by atoms with Crippen LogP contribution in [0.15, 0.2) is 36.5 Å². The summed E-state index contributed by atoms with van der Waals surface area (Å²) in [5, 5.41) is 4.87. The van der Waals surface area contributed by atoms with Crippen LogP contribution in [-0.2, 0) is 19.5 Å². The number of primary amides is 1. The van der Waals surface area contributed by atoms with Crippen molar-refractivity contribution in [3.05, 3.63) is 47.8 Å². The Hall–Kier alpha value is -2.96. The SMILES string of the molecule is NC(=O)[C@@H]1c2nn(-c3ccccc3)cc2[C@@H]2CN1C(=O)N2OS(=O)(=O)O. The van der Waals surface area contributed by atoms with Crippen molar-refractivity contribution in [2.45, 2.75) is 12.1 Å². The van der Waals surface area contributed by atoms with E-state index >= 15 is 0 Å². The van der Waals surface area contributed by atoms with Crippen LogP contribution in [0.1, 0.15) is 23.3 Å². The lowest BCUT2D eigenvalue weighted by atomic mass is 9.98. The maximum atomic E-state index is 12.4. The number of hydrogen-bond acceptors (Lipinski definition) is 6. The van der Waals surface area contributed by atoms with Gasteiger partial charge in [-0.05, 0) is 12.1 Å². The molecule has 1 saturated heterocycles. The normalized spacial score (nSPS) is 21.8. The summed E-state index contributed by atoms with van der Waals surface area (Å²) in [6.45, 7) is -0.0323. The molecule has 3 amide bonds. The van der Waals surface area contributed by atoms with Crippen LogP contribution in [0.5, 0.6) is 0 Å². The number of hydrogen-bond donors (Lipinski definition) is 2. The highest BCUT2D eigenvalue weighted by molar-refractivity contribution is 7.80. The van der Waals surface area contributed by atoms with Gasteiger partial charge < -0.3 is 10.6 Å². The average Bonchev–Trinajstić information content (AvgIpc) is 3.12. The highest BCUT2D eigenvalue weighted by Crippen LogP contribution is 2.43. The Kier molecular flexibility index (Phi) is 3.50. The van der Waals surface area contributed by atoms with E-state index in [9.17, 15) is 18.0 Å². The third-order valence-electron chi connectivity index (χ3n) is 4.25. The third-order valence-corrected chi connectivity index (χ3v) is 4.60. The molecular weight excluding hydrogens is 366 g/mol. The van der Waals surface area contributed by atoms with Crippen LogP contribution in [0.3, 0.4) is 0 Å². The summed E-state index contributed by atoms with van der Waals surface area (Å²) in [5.74, 6) is -0.815. The van der Waals surface area contributed by atoms with Gasteiger partial charge in [-0.15, -0.1) is 4.28 Å². The Morgan fingerprint density at radius 1 is 1.31 bits per heavy atom. The maximum absolute atomic E-state index is 12.4. The Labute approximate surface area is 147 Å². The second-order valence-corrected chi connectivity index (χ2v) is 6.84. The first-order valence-electron chi connectivity index (χ1n) is 7.47. The van der Waals surface area contributed by atoms with Crippen molar-refractivity contribution >= 4 is 22.3 Å². The number of nitrogens with zero attached hydrogens (tertiary/aromatic N) is 4. The molecule has 12 heteroatoms. The second-order valence-electron chi connectivity index (χ2n) is 5.83. The summed E-state index contributed by atoms with van der Waals surface area (Å²) in [5.41, 5.74) is 6.77. The molecule has 0 radical (unpaired) electrons. The van der Waals surface area contributed by atoms with Crippen molar-refractivity contribution in [3.63, 3.8) is 0 Å².